The van der Waals surface area contributed by atoms with Crippen molar-refractivity contribution in [2.24, 2.45) is 5.92 Å². The Balaban J connectivity index is 1.90. The van der Waals surface area contributed by atoms with E-state index in [1.807, 2.05) is 68.6 Å². The molecule has 2 atom stereocenters. The van der Waals surface area contributed by atoms with Gasteiger partial charge in [0.15, 0.2) is 0 Å². The lowest BCUT2D eigenvalue weighted by Gasteiger charge is -2.25. The van der Waals surface area contributed by atoms with E-state index in [9.17, 15) is 4.79 Å². The molecule has 1 amide bonds. The van der Waals surface area contributed by atoms with Crippen molar-refractivity contribution in [2.45, 2.75) is 37.4 Å². The monoisotopic (exact) mass is 459 g/mol. The van der Waals surface area contributed by atoms with Crippen LogP contribution in [0, 0.1) is 17.2 Å². The fraction of sp³-hybridized carbons (Fsp3) is 0.296. The molecule has 0 spiro atoms. The van der Waals surface area contributed by atoms with Crippen LogP contribution in [0.2, 0.25) is 0 Å². The third-order valence-corrected chi connectivity index (χ3v) is 5.94. The van der Waals surface area contributed by atoms with Gasteiger partial charge in [0.05, 0.1) is 11.8 Å². The van der Waals surface area contributed by atoms with Crippen molar-refractivity contribution in [2.75, 3.05) is 12.8 Å². The number of ether oxygens (including phenoxy) is 1. The molecule has 0 aliphatic rings. The summed E-state index contributed by atoms with van der Waals surface area (Å²) in [5, 5.41) is 11.5. The van der Waals surface area contributed by atoms with Gasteiger partial charge in [0, 0.05) is 16.7 Å². The molecular weight excluding hydrogens is 430 g/mol. The summed E-state index contributed by atoms with van der Waals surface area (Å²) in [5.74, 6) is -0.0319. The van der Waals surface area contributed by atoms with Crippen molar-refractivity contribution < 1.29 is 9.53 Å². The number of rotatable bonds is 10. The van der Waals surface area contributed by atoms with Crippen LogP contribution in [0.15, 0.2) is 77.8 Å². The average molecular weight is 460 g/mol. The number of carbonyl (C=O) groups excluding carboxylic acids is 1. The number of nitrogens with one attached hydrogen (secondary N) is 1. The predicted octanol–water partition coefficient (Wildman–Crippen LogP) is 5.63. The molecule has 0 saturated carbocycles. The minimum Gasteiger partial charge on any atom is -0.354 e. The highest BCUT2D eigenvalue weighted by Gasteiger charge is 2.27. The van der Waals surface area contributed by atoms with Crippen LogP contribution < -0.4 is 5.32 Å². The Morgan fingerprint density at radius 1 is 1.06 bits per heavy atom. The Kier molecular flexibility index (Phi) is 9.05. The van der Waals surface area contributed by atoms with Crippen molar-refractivity contribution in [1.82, 2.24) is 10.3 Å². The second kappa shape index (κ2) is 12.2. The first-order valence-electron chi connectivity index (χ1n) is 11.0. The molecule has 0 radical (unpaired) electrons. The Labute approximate surface area is 200 Å². The number of thioether (sulfide) groups is 1. The van der Waals surface area contributed by atoms with E-state index in [0.717, 1.165) is 22.4 Å². The molecule has 2 aromatic carbocycles. The molecule has 0 aliphatic carbocycles. The van der Waals surface area contributed by atoms with Crippen molar-refractivity contribution in [3.05, 3.63) is 84.2 Å². The number of pyridine rings is 1. The number of aromatic nitrogens is 1. The lowest BCUT2D eigenvalue weighted by Crippen LogP contribution is -2.38. The molecule has 3 rings (SSSR count). The topological polar surface area (TPSA) is 75.0 Å². The zero-order valence-electron chi connectivity index (χ0n) is 19.2. The maximum absolute atomic E-state index is 12.7. The number of hydrogen-bond acceptors (Lipinski definition) is 5. The first-order valence-corrected chi connectivity index (χ1v) is 12.2. The fourth-order valence-corrected chi connectivity index (χ4v) is 3.93. The van der Waals surface area contributed by atoms with E-state index in [4.69, 9.17) is 15.0 Å². The van der Waals surface area contributed by atoms with Gasteiger partial charge in [0.2, 0.25) is 5.91 Å². The van der Waals surface area contributed by atoms with Gasteiger partial charge in [-0.2, -0.15) is 5.26 Å². The first kappa shape index (κ1) is 24.5. The molecule has 1 heterocycles. The van der Waals surface area contributed by atoms with Gasteiger partial charge in [0.1, 0.15) is 18.8 Å². The number of nitriles is 1. The van der Waals surface area contributed by atoms with E-state index in [1.54, 1.807) is 11.8 Å². The molecule has 0 fully saturated rings. The zero-order chi connectivity index (χ0) is 23.6. The Morgan fingerprint density at radius 3 is 2.33 bits per heavy atom. The van der Waals surface area contributed by atoms with Gasteiger partial charge in [-0.25, -0.2) is 0 Å². The van der Waals surface area contributed by atoms with Crippen LogP contribution in [-0.2, 0) is 9.53 Å². The Morgan fingerprint density at radius 2 is 1.76 bits per heavy atom. The molecule has 33 heavy (non-hydrogen) atoms. The first-order chi connectivity index (χ1) is 16.0. The highest BCUT2D eigenvalue weighted by Crippen LogP contribution is 2.30. The maximum Gasteiger partial charge on any atom is 0.250 e. The molecule has 1 N–H and O–H groups in total. The molecule has 0 saturated heterocycles. The summed E-state index contributed by atoms with van der Waals surface area (Å²) in [5.41, 5.74) is 3.76. The normalized spacial score (nSPS) is 12.7. The molecule has 5 nitrogen and oxygen atoms in total. The van der Waals surface area contributed by atoms with E-state index < -0.39 is 12.2 Å². The summed E-state index contributed by atoms with van der Waals surface area (Å²) in [6.45, 7) is 4.04. The number of amides is 1. The molecule has 3 aromatic rings. The van der Waals surface area contributed by atoms with Crippen LogP contribution in [0.1, 0.15) is 37.6 Å². The molecular formula is C27H29N3O2S. The minimum absolute atomic E-state index is 0.0466. The van der Waals surface area contributed by atoms with Crippen LogP contribution in [0.4, 0.5) is 0 Å². The summed E-state index contributed by atoms with van der Waals surface area (Å²) in [6.07, 6.45) is 3.25. The molecule has 0 bridgehead atoms. The van der Waals surface area contributed by atoms with Gasteiger partial charge in [0.25, 0.3) is 0 Å². The highest BCUT2D eigenvalue weighted by atomic mass is 32.2. The van der Waals surface area contributed by atoms with Crippen LogP contribution >= 0.6 is 11.8 Å². The number of hydrogen-bond donors (Lipinski definition) is 1. The van der Waals surface area contributed by atoms with Gasteiger partial charge < -0.3 is 10.1 Å². The maximum atomic E-state index is 12.7. The predicted molar refractivity (Wildman–Crippen MR) is 133 cm³/mol. The largest absolute Gasteiger partial charge is 0.354 e. The molecule has 1 unspecified atom stereocenters. The quantitative estimate of drug-likeness (QED) is 0.314. The van der Waals surface area contributed by atoms with Gasteiger partial charge in [-0.15, -0.1) is 11.8 Å². The van der Waals surface area contributed by atoms with Crippen LogP contribution in [0.25, 0.3) is 11.1 Å². The second-order valence-electron chi connectivity index (χ2n) is 8.12. The van der Waals surface area contributed by atoms with Gasteiger partial charge in [-0.1, -0.05) is 62.4 Å². The fourth-order valence-electron chi connectivity index (χ4n) is 3.52. The van der Waals surface area contributed by atoms with Gasteiger partial charge in [-0.3, -0.25) is 9.78 Å². The standard InChI is InChI=1S/C27H29N3O2S/c1-19(2)17-25(27(31)29-16-15-28)32-26(21-7-5-4-6-8-21)24-14-11-22(18-30-24)20-9-12-23(33-3)13-10-20/h4-14,18-19,25-26H,16-17H2,1-3H3,(H,29,31)/t25-,26?/m0/s1. The molecule has 6 heteroatoms. The van der Waals surface area contributed by atoms with E-state index in [-0.39, 0.29) is 18.4 Å². The minimum atomic E-state index is -0.691. The van der Waals surface area contributed by atoms with Gasteiger partial charge in [-0.05, 0) is 47.9 Å². The zero-order valence-corrected chi connectivity index (χ0v) is 20.0. The third-order valence-electron chi connectivity index (χ3n) is 5.20. The van der Waals surface area contributed by atoms with E-state index in [2.05, 4.69) is 35.8 Å². The molecule has 170 valence electrons. The summed E-state index contributed by atoms with van der Waals surface area (Å²) in [7, 11) is 0. The van der Waals surface area contributed by atoms with Crippen LogP contribution in [0.5, 0.6) is 0 Å². The number of carbonyl (C=O) groups is 1. The lowest BCUT2D eigenvalue weighted by atomic mass is 10.0. The smallest absolute Gasteiger partial charge is 0.250 e. The highest BCUT2D eigenvalue weighted by molar-refractivity contribution is 7.98. The van der Waals surface area contributed by atoms with Crippen molar-refractivity contribution >= 4 is 17.7 Å². The van der Waals surface area contributed by atoms with E-state index >= 15 is 0 Å². The van der Waals surface area contributed by atoms with Crippen molar-refractivity contribution in [3.8, 4) is 17.2 Å². The Bertz CT molecular complexity index is 1060. The summed E-state index contributed by atoms with van der Waals surface area (Å²) in [6, 6.07) is 24.1. The second-order valence-corrected chi connectivity index (χ2v) is 9.00. The Hall–Kier alpha value is -3.14. The van der Waals surface area contributed by atoms with Crippen LogP contribution in [0.3, 0.4) is 0 Å². The van der Waals surface area contributed by atoms with E-state index in [1.165, 1.54) is 4.90 Å². The van der Waals surface area contributed by atoms with Crippen molar-refractivity contribution in [1.29, 1.82) is 5.26 Å². The number of nitrogens with zero attached hydrogens (tertiary/aromatic N) is 2. The average Bonchev–Trinajstić information content (AvgIpc) is 2.85. The lowest BCUT2D eigenvalue weighted by molar-refractivity contribution is -0.136. The molecule has 1 aromatic heterocycles. The number of benzene rings is 2. The van der Waals surface area contributed by atoms with Gasteiger partial charge >= 0.3 is 0 Å². The third kappa shape index (κ3) is 6.92. The van der Waals surface area contributed by atoms with Crippen LogP contribution in [-0.4, -0.2) is 29.8 Å². The van der Waals surface area contributed by atoms with Crippen molar-refractivity contribution in [3.63, 3.8) is 0 Å². The summed E-state index contributed by atoms with van der Waals surface area (Å²) >= 11 is 1.71. The summed E-state index contributed by atoms with van der Waals surface area (Å²) in [4.78, 5) is 18.6. The molecule has 0 aliphatic heterocycles. The van der Waals surface area contributed by atoms with E-state index in [0.29, 0.717) is 6.42 Å². The SMILES string of the molecule is CSc1ccc(-c2ccc(C(O[C@@H](CC(C)C)C(=O)NCC#N)c3ccccc3)nc2)cc1. The summed E-state index contributed by atoms with van der Waals surface area (Å²) < 4.78 is 6.38.